The third-order valence-electron chi connectivity index (χ3n) is 2.75. The van der Waals surface area contributed by atoms with Gasteiger partial charge >= 0.3 is 0 Å². The van der Waals surface area contributed by atoms with E-state index in [4.69, 9.17) is 9.47 Å². The first-order chi connectivity index (χ1) is 8.74. The van der Waals surface area contributed by atoms with E-state index in [1.54, 1.807) is 32.4 Å². The maximum atomic E-state index is 12.2. The van der Waals surface area contributed by atoms with Crippen LogP contribution in [0.3, 0.4) is 0 Å². The molecule has 0 atom stereocenters. The molecule has 1 aliphatic heterocycles. The maximum absolute atomic E-state index is 12.2. The number of ether oxygens (including phenoxy) is 2. The van der Waals surface area contributed by atoms with Gasteiger partial charge in [0.2, 0.25) is 0 Å². The molecule has 0 fully saturated rings. The molecule has 18 heavy (non-hydrogen) atoms. The molecule has 1 heterocycles. The summed E-state index contributed by atoms with van der Waals surface area (Å²) < 4.78 is 10.3. The summed E-state index contributed by atoms with van der Waals surface area (Å²) in [7, 11) is 3.12. The summed E-state index contributed by atoms with van der Waals surface area (Å²) in [5.74, 6) is 1.21. The van der Waals surface area contributed by atoms with Gasteiger partial charge in [0.15, 0.2) is 5.78 Å². The number of nitrogens with zero attached hydrogens (tertiary/aromatic N) is 1. The third-order valence-corrected chi connectivity index (χ3v) is 2.75. The molecule has 0 spiro atoms. The highest BCUT2D eigenvalue weighted by atomic mass is 16.5. The smallest absolute Gasteiger partial charge is 0.185 e. The van der Waals surface area contributed by atoms with Gasteiger partial charge in [-0.25, -0.2) is 0 Å². The fourth-order valence-electron chi connectivity index (χ4n) is 1.79. The lowest BCUT2D eigenvalue weighted by molar-refractivity contribution is 0.0954. The lowest BCUT2D eigenvalue weighted by Gasteiger charge is -2.15. The van der Waals surface area contributed by atoms with Crippen molar-refractivity contribution in [2.24, 2.45) is 0 Å². The van der Waals surface area contributed by atoms with Crippen LogP contribution in [-0.4, -0.2) is 38.1 Å². The van der Waals surface area contributed by atoms with Crippen molar-refractivity contribution in [2.45, 2.75) is 0 Å². The van der Waals surface area contributed by atoms with Gasteiger partial charge in [0.1, 0.15) is 11.5 Å². The number of rotatable bonds is 5. The Morgan fingerprint density at radius 2 is 2.22 bits per heavy atom. The minimum Gasteiger partial charge on any atom is -0.497 e. The van der Waals surface area contributed by atoms with Crippen LogP contribution in [-0.2, 0) is 0 Å². The highest BCUT2D eigenvalue weighted by Gasteiger charge is 2.16. The molecule has 1 aliphatic rings. The number of Topliss-reactive ketones (excluding diaryl/α,β-unsaturated/α-hetero) is 1. The van der Waals surface area contributed by atoms with Gasteiger partial charge in [-0.3, -0.25) is 4.79 Å². The summed E-state index contributed by atoms with van der Waals surface area (Å²) in [5, 5.41) is 3.02. The first-order valence-electron chi connectivity index (χ1n) is 5.64. The van der Waals surface area contributed by atoms with Crippen LogP contribution in [0.1, 0.15) is 10.4 Å². The van der Waals surface area contributed by atoms with Gasteiger partial charge in [-0.2, -0.15) is 0 Å². The number of methoxy groups -OCH3 is 2. The Hall–Kier alpha value is -2.17. The van der Waals surface area contributed by atoms with Crippen molar-refractivity contribution in [1.29, 1.82) is 0 Å². The molecular formula is C13H16N2O3. The monoisotopic (exact) mass is 248 g/mol. The van der Waals surface area contributed by atoms with Crippen LogP contribution in [0.25, 0.3) is 0 Å². The zero-order valence-electron chi connectivity index (χ0n) is 10.5. The molecule has 0 radical (unpaired) electrons. The number of nitrogens with one attached hydrogen (secondary N) is 1. The zero-order chi connectivity index (χ0) is 13.0. The molecule has 2 rings (SSSR count). The number of benzene rings is 1. The van der Waals surface area contributed by atoms with E-state index >= 15 is 0 Å². The largest absolute Gasteiger partial charge is 0.497 e. The Morgan fingerprint density at radius 1 is 1.39 bits per heavy atom. The molecule has 0 aliphatic carbocycles. The molecule has 0 bridgehead atoms. The van der Waals surface area contributed by atoms with Crippen LogP contribution in [0.5, 0.6) is 11.5 Å². The van der Waals surface area contributed by atoms with Crippen molar-refractivity contribution < 1.29 is 14.3 Å². The quantitative estimate of drug-likeness (QED) is 0.794. The van der Waals surface area contributed by atoms with Crippen LogP contribution < -0.4 is 14.8 Å². The van der Waals surface area contributed by atoms with E-state index in [1.807, 2.05) is 17.3 Å². The van der Waals surface area contributed by atoms with Crippen LogP contribution in [0.4, 0.5) is 0 Å². The second-order valence-corrected chi connectivity index (χ2v) is 3.91. The van der Waals surface area contributed by atoms with Crippen molar-refractivity contribution in [3.63, 3.8) is 0 Å². The van der Waals surface area contributed by atoms with E-state index in [0.29, 0.717) is 30.3 Å². The SMILES string of the molecule is COc1ccc(OC)c(C(=O)CN2C=CNC2)c1. The Labute approximate surface area is 106 Å². The van der Waals surface area contributed by atoms with Crippen molar-refractivity contribution >= 4 is 5.78 Å². The molecule has 0 saturated carbocycles. The molecule has 0 saturated heterocycles. The fourth-order valence-corrected chi connectivity index (χ4v) is 1.79. The number of carbonyl (C=O) groups excluding carboxylic acids is 1. The van der Waals surface area contributed by atoms with Gasteiger partial charge in [-0.1, -0.05) is 0 Å². The number of hydrogen-bond acceptors (Lipinski definition) is 5. The van der Waals surface area contributed by atoms with E-state index in [-0.39, 0.29) is 5.78 Å². The number of carbonyl (C=O) groups is 1. The molecule has 0 unspecified atom stereocenters. The van der Waals surface area contributed by atoms with Crippen molar-refractivity contribution in [2.75, 3.05) is 27.4 Å². The molecule has 96 valence electrons. The Morgan fingerprint density at radius 3 is 2.83 bits per heavy atom. The second-order valence-electron chi connectivity index (χ2n) is 3.91. The molecule has 5 heteroatoms. The third kappa shape index (κ3) is 2.56. The van der Waals surface area contributed by atoms with Gasteiger partial charge in [-0.15, -0.1) is 0 Å². The number of hydrogen-bond donors (Lipinski definition) is 1. The standard InChI is InChI=1S/C13H16N2O3/c1-17-10-3-4-13(18-2)11(7-10)12(16)8-15-6-5-14-9-15/h3-7,14H,8-9H2,1-2H3. The highest BCUT2D eigenvalue weighted by molar-refractivity contribution is 6.00. The summed E-state index contributed by atoms with van der Waals surface area (Å²) in [6.45, 7) is 0.963. The second kappa shape index (κ2) is 5.44. The van der Waals surface area contributed by atoms with Crippen molar-refractivity contribution in [3.05, 3.63) is 36.2 Å². The van der Waals surface area contributed by atoms with Crippen LogP contribution in [0.15, 0.2) is 30.6 Å². The molecule has 1 aromatic carbocycles. The van der Waals surface area contributed by atoms with E-state index in [2.05, 4.69) is 5.32 Å². The zero-order valence-corrected chi connectivity index (χ0v) is 10.5. The minimum atomic E-state index is -0.000833. The molecular weight excluding hydrogens is 232 g/mol. The maximum Gasteiger partial charge on any atom is 0.185 e. The summed E-state index contributed by atoms with van der Waals surface area (Å²) in [4.78, 5) is 14.1. The molecule has 1 aromatic rings. The van der Waals surface area contributed by atoms with Gasteiger partial charge in [0.25, 0.3) is 0 Å². The summed E-state index contributed by atoms with van der Waals surface area (Å²) >= 11 is 0. The van der Waals surface area contributed by atoms with Crippen LogP contribution in [0, 0.1) is 0 Å². The van der Waals surface area contributed by atoms with E-state index in [9.17, 15) is 4.79 Å². The molecule has 0 aromatic heterocycles. The topological polar surface area (TPSA) is 50.8 Å². The summed E-state index contributed by atoms with van der Waals surface area (Å²) in [5.41, 5.74) is 0.539. The van der Waals surface area contributed by atoms with Gasteiger partial charge in [-0.05, 0) is 18.2 Å². The first-order valence-corrected chi connectivity index (χ1v) is 5.64. The lowest BCUT2D eigenvalue weighted by atomic mass is 10.1. The Bertz CT molecular complexity index is 471. The summed E-state index contributed by atoms with van der Waals surface area (Å²) in [6.07, 6.45) is 3.67. The average Bonchev–Trinajstić information content (AvgIpc) is 2.90. The predicted octanol–water partition coefficient (Wildman–Crippen LogP) is 1.22. The average molecular weight is 248 g/mol. The lowest BCUT2D eigenvalue weighted by Crippen LogP contribution is -2.27. The van der Waals surface area contributed by atoms with Crippen LogP contribution in [0.2, 0.25) is 0 Å². The molecule has 0 amide bonds. The van der Waals surface area contributed by atoms with Crippen LogP contribution >= 0.6 is 0 Å². The molecule has 1 N–H and O–H groups in total. The normalized spacial score (nSPS) is 13.3. The summed E-state index contributed by atoms with van der Waals surface area (Å²) in [6, 6.07) is 5.21. The van der Waals surface area contributed by atoms with Gasteiger partial charge < -0.3 is 19.7 Å². The Kier molecular flexibility index (Phi) is 3.72. The minimum absolute atomic E-state index is 0.000833. The van der Waals surface area contributed by atoms with Gasteiger partial charge in [0, 0.05) is 12.4 Å². The predicted molar refractivity (Wildman–Crippen MR) is 67.7 cm³/mol. The highest BCUT2D eigenvalue weighted by Crippen LogP contribution is 2.24. The first kappa shape index (κ1) is 12.3. The number of ketones is 1. The van der Waals surface area contributed by atoms with Crippen molar-refractivity contribution in [3.8, 4) is 11.5 Å². The van der Waals surface area contributed by atoms with E-state index < -0.39 is 0 Å². The van der Waals surface area contributed by atoms with Gasteiger partial charge in [0.05, 0.1) is 33.0 Å². The van der Waals surface area contributed by atoms with E-state index in [1.165, 1.54) is 0 Å². The fraction of sp³-hybridized carbons (Fsp3) is 0.308. The van der Waals surface area contributed by atoms with Crippen molar-refractivity contribution in [1.82, 2.24) is 10.2 Å². The molecule has 5 nitrogen and oxygen atoms in total. The Balaban J connectivity index is 2.19. The van der Waals surface area contributed by atoms with E-state index in [0.717, 1.165) is 0 Å².